The zero-order valence-electron chi connectivity index (χ0n) is 9.29. The number of hydrogen-bond acceptors (Lipinski definition) is 4. The van der Waals surface area contributed by atoms with Crippen molar-refractivity contribution in [1.82, 2.24) is 5.32 Å². The predicted octanol–water partition coefficient (Wildman–Crippen LogP) is -1.31. The lowest BCUT2D eigenvalue weighted by molar-refractivity contribution is -0.988. The summed E-state index contributed by atoms with van der Waals surface area (Å²) >= 11 is 0. The first-order valence-electron chi connectivity index (χ1n) is 5.32. The van der Waals surface area contributed by atoms with Crippen LogP contribution in [0.5, 0.6) is 0 Å². The van der Waals surface area contributed by atoms with Crippen LogP contribution in [0, 0.1) is 0 Å². The molecule has 1 aliphatic rings. The van der Waals surface area contributed by atoms with Gasteiger partial charge < -0.3 is 11.1 Å². The van der Waals surface area contributed by atoms with Crippen molar-refractivity contribution in [1.29, 1.82) is 0 Å². The summed E-state index contributed by atoms with van der Waals surface area (Å²) in [6.45, 7) is 7.33. The number of rotatable bonds is 3. The summed E-state index contributed by atoms with van der Waals surface area (Å²) in [7, 11) is 0. The van der Waals surface area contributed by atoms with E-state index in [0.717, 1.165) is 32.6 Å². The zero-order valence-corrected chi connectivity index (χ0v) is 9.29. The molecule has 5 nitrogen and oxygen atoms in total. The van der Waals surface area contributed by atoms with Gasteiger partial charge in [0, 0.05) is 13.5 Å². The Labute approximate surface area is 86.2 Å². The van der Waals surface area contributed by atoms with E-state index in [4.69, 9.17) is 17.3 Å². The molecule has 1 saturated heterocycles. The van der Waals surface area contributed by atoms with Gasteiger partial charge in [0.05, 0.1) is 12.6 Å². The summed E-state index contributed by atoms with van der Waals surface area (Å²) in [5.41, 5.74) is 11.7. The molecule has 1 rings (SSSR count). The Hall–Kier alpha value is -0.200. The predicted molar refractivity (Wildman–Crippen MR) is 57.9 cm³/mol. The van der Waals surface area contributed by atoms with Crippen LogP contribution < -0.4 is 22.6 Å². The van der Waals surface area contributed by atoms with E-state index >= 15 is 0 Å². The van der Waals surface area contributed by atoms with Gasteiger partial charge in [-0.05, 0) is 6.42 Å². The molecule has 0 spiro atoms. The SMILES string of the molecule is CCC(N)C[N+]1(N)CCNCC1(C)N. The Bertz CT molecular complexity index is 194. The van der Waals surface area contributed by atoms with E-state index in [-0.39, 0.29) is 6.04 Å². The fraction of sp³-hybridized carbons (Fsp3) is 1.00. The highest BCUT2D eigenvalue weighted by Crippen LogP contribution is 2.17. The molecule has 84 valence electrons. The number of nitrogens with one attached hydrogen (secondary N) is 1. The summed E-state index contributed by atoms with van der Waals surface area (Å²) in [4.78, 5) is 0. The van der Waals surface area contributed by atoms with E-state index in [2.05, 4.69) is 12.2 Å². The number of nitrogens with two attached hydrogens (primary N) is 3. The van der Waals surface area contributed by atoms with E-state index in [9.17, 15) is 0 Å². The third kappa shape index (κ3) is 2.24. The molecule has 1 heterocycles. The highest BCUT2D eigenvalue weighted by atomic mass is 15.7. The van der Waals surface area contributed by atoms with Crippen LogP contribution in [0.4, 0.5) is 0 Å². The first-order valence-corrected chi connectivity index (χ1v) is 5.32. The molecule has 0 aliphatic carbocycles. The van der Waals surface area contributed by atoms with Crippen molar-refractivity contribution in [3.8, 4) is 0 Å². The van der Waals surface area contributed by atoms with Crippen LogP contribution in [-0.2, 0) is 0 Å². The quantitative estimate of drug-likeness (QED) is 0.338. The summed E-state index contributed by atoms with van der Waals surface area (Å²) in [5, 5.41) is 3.26. The standard InChI is InChI=1S/C9H24N5/c1-3-8(10)6-14(12)5-4-13-7-9(14,2)11/h8,13H,3-7,10-12H2,1-2H3/q+1. The second-order valence-corrected chi connectivity index (χ2v) is 4.64. The van der Waals surface area contributed by atoms with E-state index in [0.29, 0.717) is 4.59 Å². The Morgan fingerprint density at radius 2 is 2.21 bits per heavy atom. The third-order valence-electron chi connectivity index (χ3n) is 3.27. The number of nitrogens with zero attached hydrogens (tertiary/aromatic N) is 1. The average molecular weight is 202 g/mol. The maximum atomic E-state index is 6.31. The lowest BCUT2D eigenvalue weighted by atomic mass is 10.1. The second kappa shape index (κ2) is 4.12. The molecular weight excluding hydrogens is 178 g/mol. The largest absolute Gasteiger partial charge is 0.323 e. The van der Waals surface area contributed by atoms with E-state index < -0.39 is 5.66 Å². The summed E-state index contributed by atoms with van der Waals surface area (Å²) in [5.74, 6) is 6.31. The Morgan fingerprint density at radius 3 is 2.71 bits per heavy atom. The third-order valence-corrected chi connectivity index (χ3v) is 3.27. The maximum absolute atomic E-state index is 6.31. The summed E-state index contributed by atoms with van der Waals surface area (Å²) < 4.78 is 0.384. The van der Waals surface area contributed by atoms with Gasteiger partial charge >= 0.3 is 0 Å². The molecule has 0 bridgehead atoms. The van der Waals surface area contributed by atoms with Crippen molar-refractivity contribution in [2.24, 2.45) is 17.3 Å². The van der Waals surface area contributed by atoms with Gasteiger partial charge in [0.25, 0.3) is 0 Å². The van der Waals surface area contributed by atoms with Crippen LogP contribution in [0.1, 0.15) is 20.3 Å². The first kappa shape index (κ1) is 11.9. The number of piperazine rings is 1. The zero-order chi connectivity index (χ0) is 10.8. The molecule has 14 heavy (non-hydrogen) atoms. The summed E-state index contributed by atoms with van der Waals surface area (Å²) in [6, 6.07) is 0.140. The second-order valence-electron chi connectivity index (χ2n) is 4.64. The fourth-order valence-electron chi connectivity index (χ4n) is 1.88. The smallest absolute Gasteiger partial charge is 0.177 e. The molecule has 0 amide bonds. The van der Waals surface area contributed by atoms with Gasteiger partial charge in [-0.1, -0.05) is 6.92 Å². The maximum Gasteiger partial charge on any atom is 0.177 e. The number of quaternary nitrogens is 1. The molecular formula is C9H24N5+. The molecule has 3 unspecified atom stereocenters. The minimum Gasteiger partial charge on any atom is -0.323 e. The lowest BCUT2D eigenvalue weighted by Crippen LogP contribution is -2.80. The molecule has 0 aromatic heterocycles. The van der Waals surface area contributed by atoms with E-state index in [1.54, 1.807) is 0 Å². The van der Waals surface area contributed by atoms with Crippen molar-refractivity contribution >= 4 is 0 Å². The van der Waals surface area contributed by atoms with Crippen molar-refractivity contribution in [2.75, 3.05) is 26.2 Å². The van der Waals surface area contributed by atoms with Gasteiger partial charge in [-0.25, -0.2) is 4.59 Å². The van der Waals surface area contributed by atoms with Crippen LogP contribution in [0.15, 0.2) is 0 Å². The molecule has 0 radical (unpaired) electrons. The van der Waals surface area contributed by atoms with Gasteiger partial charge in [0.15, 0.2) is 5.66 Å². The van der Waals surface area contributed by atoms with E-state index in [1.165, 1.54) is 0 Å². The molecule has 0 aromatic rings. The van der Waals surface area contributed by atoms with E-state index in [1.807, 2.05) is 6.92 Å². The van der Waals surface area contributed by atoms with Crippen LogP contribution >= 0.6 is 0 Å². The van der Waals surface area contributed by atoms with Gasteiger partial charge in [0.2, 0.25) is 0 Å². The number of hydrogen-bond donors (Lipinski definition) is 4. The van der Waals surface area contributed by atoms with Gasteiger partial charge in [0.1, 0.15) is 13.1 Å². The fourth-order valence-corrected chi connectivity index (χ4v) is 1.88. The Balaban J connectivity index is 2.68. The van der Waals surface area contributed by atoms with Gasteiger partial charge in [-0.2, -0.15) is 5.84 Å². The van der Waals surface area contributed by atoms with Crippen molar-refractivity contribution in [3.63, 3.8) is 0 Å². The highest BCUT2D eigenvalue weighted by Gasteiger charge is 2.45. The first-order chi connectivity index (χ1) is 6.41. The highest BCUT2D eigenvalue weighted by molar-refractivity contribution is 4.77. The monoisotopic (exact) mass is 202 g/mol. The minimum atomic E-state index is -0.412. The average Bonchev–Trinajstić information content (AvgIpc) is 2.10. The van der Waals surface area contributed by atoms with Crippen molar-refractivity contribution < 1.29 is 4.59 Å². The molecule has 3 atom stereocenters. The van der Waals surface area contributed by atoms with Gasteiger partial charge in [-0.15, -0.1) is 0 Å². The molecule has 0 aromatic carbocycles. The molecule has 1 aliphatic heterocycles. The minimum absolute atomic E-state index is 0.140. The molecule has 1 fully saturated rings. The molecule has 7 N–H and O–H groups in total. The van der Waals surface area contributed by atoms with Crippen LogP contribution in [0.3, 0.4) is 0 Å². The van der Waals surface area contributed by atoms with Crippen LogP contribution in [0.2, 0.25) is 0 Å². The van der Waals surface area contributed by atoms with Gasteiger partial charge in [-0.3, -0.25) is 5.73 Å². The molecule has 5 heteroatoms. The topological polar surface area (TPSA) is 90.1 Å². The Morgan fingerprint density at radius 1 is 1.57 bits per heavy atom. The normalized spacial score (nSPS) is 40.9. The van der Waals surface area contributed by atoms with Crippen molar-refractivity contribution in [2.45, 2.75) is 32.0 Å². The van der Waals surface area contributed by atoms with Crippen LogP contribution in [-0.4, -0.2) is 42.5 Å². The van der Waals surface area contributed by atoms with Crippen molar-refractivity contribution in [3.05, 3.63) is 0 Å². The Kier molecular flexibility index (Phi) is 3.49. The summed E-state index contributed by atoms with van der Waals surface area (Å²) in [6.07, 6.45) is 0.945. The van der Waals surface area contributed by atoms with Crippen LogP contribution in [0.25, 0.3) is 0 Å². The molecule has 0 saturated carbocycles. The lowest BCUT2D eigenvalue weighted by Gasteiger charge is -2.49.